The molecule has 0 saturated heterocycles. The zero-order valence-electron chi connectivity index (χ0n) is 13.3. The molecule has 136 valence electrons. The second-order valence-electron chi connectivity index (χ2n) is 5.48. The normalized spacial score (nSPS) is 12.4. The topological polar surface area (TPSA) is 92.3 Å². The fourth-order valence-electron chi connectivity index (χ4n) is 1.97. The quantitative estimate of drug-likeness (QED) is 0.792. The Kier molecular flexibility index (Phi) is 5.45. The predicted octanol–water partition coefficient (Wildman–Crippen LogP) is 2.45. The van der Waals surface area contributed by atoms with E-state index in [9.17, 15) is 25.6 Å². The van der Waals surface area contributed by atoms with Gasteiger partial charge in [0.15, 0.2) is 0 Å². The molecule has 2 aromatic rings. The molecule has 25 heavy (non-hydrogen) atoms. The van der Waals surface area contributed by atoms with Gasteiger partial charge >= 0.3 is 0 Å². The van der Waals surface area contributed by atoms with Crippen molar-refractivity contribution in [3.63, 3.8) is 0 Å². The van der Waals surface area contributed by atoms with Gasteiger partial charge < -0.3 is 0 Å². The van der Waals surface area contributed by atoms with Crippen LogP contribution in [-0.2, 0) is 20.0 Å². The van der Waals surface area contributed by atoms with Gasteiger partial charge in [-0.15, -0.1) is 0 Å². The molecule has 0 atom stereocenters. The largest absolute Gasteiger partial charge is 0.280 e. The first-order chi connectivity index (χ1) is 11.5. The van der Waals surface area contributed by atoms with E-state index in [2.05, 4.69) is 9.44 Å². The van der Waals surface area contributed by atoms with Crippen molar-refractivity contribution in [1.29, 1.82) is 0 Å². The Morgan fingerprint density at radius 2 is 1.48 bits per heavy atom. The van der Waals surface area contributed by atoms with E-state index in [0.717, 1.165) is 6.07 Å². The minimum absolute atomic E-state index is 0.00663. The summed E-state index contributed by atoms with van der Waals surface area (Å²) in [6.07, 6.45) is 0. The van der Waals surface area contributed by atoms with Gasteiger partial charge in [-0.25, -0.2) is 30.3 Å². The SMILES string of the molecule is CC(C)NS(=O)(=O)c1ccc(NS(=O)(=O)c2cc(F)ccc2F)cc1. The van der Waals surface area contributed by atoms with Crippen LogP contribution in [0.15, 0.2) is 52.3 Å². The molecular formula is C15H16F2N2O4S2. The van der Waals surface area contributed by atoms with Crippen LogP contribution in [0.1, 0.15) is 13.8 Å². The van der Waals surface area contributed by atoms with E-state index in [0.29, 0.717) is 12.1 Å². The summed E-state index contributed by atoms with van der Waals surface area (Å²) in [5.41, 5.74) is 0.00663. The van der Waals surface area contributed by atoms with Crippen LogP contribution in [0, 0.1) is 11.6 Å². The highest BCUT2D eigenvalue weighted by atomic mass is 32.2. The van der Waals surface area contributed by atoms with E-state index < -0.39 is 36.6 Å². The molecule has 2 aromatic carbocycles. The number of hydrogen-bond acceptors (Lipinski definition) is 4. The lowest BCUT2D eigenvalue weighted by molar-refractivity contribution is 0.555. The third kappa shape index (κ3) is 4.74. The second-order valence-corrected chi connectivity index (χ2v) is 8.85. The zero-order chi connectivity index (χ0) is 18.8. The maximum Gasteiger partial charge on any atom is 0.264 e. The van der Waals surface area contributed by atoms with Crippen LogP contribution < -0.4 is 9.44 Å². The Balaban J connectivity index is 2.28. The van der Waals surface area contributed by atoms with Gasteiger partial charge in [0.05, 0.1) is 4.90 Å². The summed E-state index contributed by atoms with van der Waals surface area (Å²) >= 11 is 0. The highest BCUT2D eigenvalue weighted by Crippen LogP contribution is 2.21. The van der Waals surface area contributed by atoms with E-state index in [1.54, 1.807) is 13.8 Å². The molecule has 6 nitrogen and oxygen atoms in total. The molecule has 0 saturated carbocycles. The van der Waals surface area contributed by atoms with Gasteiger partial charge in [0, 0.05) is 11.7 Å². The predicted molar refractivity (Wildman–Crippen MR) is 89.1 cm³/mol. The van der Waals surface area contributed by atoms with Crippen LogP contribution in [0.4, 0.5) is 14.5 Å². The summed E-state index contributed by atoms with van der Waals surface area (Å²) in [6, 6.07) is 6.58. The average molecular weight is 390 g/mol. The van der Waals surface area contributed by atoms with E-state index >= 15 is 0 Å². The van der Waals surface area contributed by atoms with Crippen molar-refractivity contribution in [1.82, 2.24) is 4.72 Å². The molecule has 0 aliphatic rings. The van der Waals surface area contributed by atoms with Gasteiger partial charge in [-0.2, -0.15) is 0 Å². The van der Waals surface area contributed by atoms with E-state index in [1.165, 1.54) is 24.3 Å². The Morgan fingerprint density at radius 3 is 2.04 bits per heavy atom. The third-order valence-corrected chi connectivity index (χ3v) is 6.06. The molecule has 0 aliphatic carbocycles. The number of nitrogens with one attached hydrogen (secondary N) is 2. The standard InChI is InChI=1S/C15H16F2N2O4S2/c1-10(2)18-24(20,21)13-6-4-12(5-7-13)19-25(22,23)15-9-11(16)3-8-14(15)17/h3-10,18-19H,1-2H3. The smallest absolute Gasteiger partial charge is 0.264 e. The van der Waals surface area contributed by atoms with Crippen LogP contribution in [0.25, 0.3) is 0 Å². The fourth-order valence-corrected chi connectivity index (χ4v) is 4.37. The number of anilines is 1. The Hall–Kier alpha value is -2.04. The number of halogens is 2. The van der Waals surface area contributed by atoms with Gasteiger partial charge in [-0.3, -0.25) is 4.72 Å². The molecule has 0 bridgehead atoms. The molecule has 0 heterocycles. The molecule has 0 radical (unpaired) electrons. The molecule has 2 rings (SSSR count). The number of hydrogen-bond donors (Lipinski definition) is 2. The van der Waals surface area contributed by atoms with Crippen LogP contribution in [0.3, 0.4) is 0 Å². The molecular weight excluding hydrogens is 374 g/mol. The lowest BCUT2D eigenvalue weighted by Crippen LogP contribution is -2.30. The molecule has 0 fully saturated rings. The summed E-state index contributed by atoms with van der Waals surface area (Å²) < 4.78 is 79.6. The van der Waals surface area contributed by atoms with Crippen LogP contribution in [0.2, 0.25) is 0 Å². The molecule has 0 amide bonds. The third-order valence-electron chi connectivity index (χ3n) is 2.99. The first-order valence-electron chi connectivity index (χ1n) is 7.11. The summed E-state index contributed by atoms with van der Waals surface area (Å²) in [5.74, 6) is -2.00. The lowest BCUT2D eigenvalue weighted by atomic mass is 10.3. The number of sulfonamides is 2. The van der Waals surface area contributed by atoms with Crippen molar-refractivity contribution in [2.24, 2.45) is 0 Å². The first kappa shape index (κ1) is 19.3. The van der Waals surface area contributed by atoms with Crippen molar-refractivity contribution < 1.29 is 25.6 Å². The van der Waals surface area contributed by atoms with E-state index in [1.807, 2.05) is 0 Å². The first-order valence-corrected chi connectivity index (χ1v) is 10.1. The van der Waals surface area contributed by atoms with Crippen molar-refractivity contribution >= 4 is 25.7 Å². The van der Waals surface area contributed by atoms with Crippen molar-refractivity contribution in [2.45, 2.75) is 29.7 Å². The zero-order valence-corrected chi connectivity index (χ0v) is 15.0. The molecule has 0 aromatic heterocycles. The summed E-state index contributed by atoms with van der Waals surface area (Å²) in [4.78, 5) is -0.897. The van der Waals surface area contributed by atoms with Crippen LogP contribution in [-0.4, -0.2) is 22.9 Å². The summed E-state index contributed by atoms with van der Waals surface area (Å²) in [5, 5.41) is 0. The van der Waals surface area contributed by atoms with Crippen molar-refractivity contribution in [2.75, 3.05) is 4.72 Å². The molecule has 2 N–H and O–H groups in total. The Labute approximate surface area is 145 Å². The molecule has 10 heteroatoms. The summed E-state index contributed by atoms with van der Waals surface area (Å²) in [6.45, 7) is 3.32. The minimum Gasteiger partial charge on any atom is -0.280 e. The van der Waals surface area contributed by atoms with E-state index in [4.69, 9.17) is 0 Å². The average Bonchev–Trinajstić information content (AvgIpc) is 2.48. The highest BCUT2D eigenvalue weighted by Gasteiger charge is 2.21. The van der Waals surface area contributed by atoms with Gasteiger partial charge in [-0.05, 0) is 56.3 Å². The van der Waals surface area contributed by atoms with Crippen LogP contribution >= 0.6 is 0 Å². The second kappa shape index (κ2) is 7.06. The van der Waals surface area contributed by atoms with Crippen molar-refractivity contribution in [3.05, 3.63) is 54.1 Å². The van der Waals surface area contributed by atoms with E-state index in [-0.39, 0.29) is 16.6 Å². The van der Waals surface area contributed by atoms with Crippen LogP contribution in [0.5, 0.6) is 0 Å². The maximum atomic E-state index is 13.6. The number of rotatable bonds is 6. The maximum absolute atomic E-state index is 13.6. The van der Waals surface area contributed by atoms with Gasteiger partial charge in [0.2, 0.25) is 10.0 Å². The summed E-state index contributed by atoms with van der Waals surface area (Å²) in [7, 11) is -8.09. The van der Waals surface area contributed by atoms with Crippen molar-refractivity contribution in [3.8, 4) is 0 Å². The highest BCUT2D eigenvalue weighted by molar-refractivity contribution is 7.92. The fraction of sp³-hybridized carbons (Fsp3) is 0.200. The van der Waals surface area contributed by atoms with Gasteiger partial charge in [0.1, 0.15) is 16.5 Å². The minimum atomic E-state index is -4.36. The van der Waals surface area contributed by atoms with Gasteiger partial charge in [0.25, 0.3) is 10.0 Å². The molecule has 0 spiro atoms. The Bertz CT molecular complexity index is 973. The lowest BCUT2D eigenvalue weighted by Gasteiger charge is -2.11. The Morgan fingerprint density at radius 1 is 0.880 bits per heavy atom. The van der Waals surface area contributed by atoms with Gasteiger partial charge in [-0.1, -0.05) is 0 Å². The molecule has 0 unspecified atom stereocenters. The molecule has 0 aliphatic heterocycles. The monoisotopic (exact) mass is 390 g/mol. The number of benzene rings is 2.